The molecular formula is C17H20F2N2O3. The molecule has 0 aliphatic carbocycles. The van der Waals surface area contributed by atoms with Crippen molar-refractivity contribution in [3.8, 4) is 0 Å². The van der Waals surface area contributed by atoms with E-state index in [9.17, 15) is 18.7 Å². The van der Waals surface area contributed by atoms with Gasteiger partial charge in [0.15, 0.2) is 11.6 Å². The molecular weight excluding hydrogens is 318 g/mol. The number of nitrogens with one attached hydrogen (secondary N) is 2. The van der Waals surface area contributed by atoms with Crippen molar-refractivity contribution in [2.45, 2.75) is 32.4 Å². The van der Waals surface area contributed by atoms with Crippen LogP contribution in [0.25, 0.3) is 0 Å². The zero-order chi connectivity index (χ0) is 17.9. The molecule has 0 aliphatic rings. The molecule has 24 heavy (non-hydrogen) atoms. The predicted molar refractivity (Wildman–Crippen MR) is 84.3 cm³/mol. The van der Waals surface area contributed by atoms with Crippen molar-refractivity contribution in [2.24, 2.45) is 0 Å². The number of carbonyl (C=O) groups excluding carboxylic acids is 1. The second kappa shape index (κ2) is 7.00. The summed E-state index contributed by atoms with van der Waals surface area (Å²) in [6, 6.07) is 5.75. The largest absolute Gasteiger partial charge is 0.463 e. The summed E-state index contributed by atoms with van der Waals surface area (Å²) in [6.45, 7) is 4.67. The molecule has 2 amide bonds. The van der Waals surface area contributed by atoms with Crippen LogP contribution >= 0.6 is 0 Å². The average Bonchev–Trinajstić information content (AvgIpc) is 2.95. The molecule has 7 heteroatoms. The Hall–Kier alpha value is -2.41. The summed E-state index contributed by atoms with van der Waals surface area (Å²) in [4.78, 5) is 11.9. The van der Waals surface area contributed by atoms with Crippen molar-refractivity contribution in [3.05, 3.63) is 59.1 Å². The quantitative estimate of drug-likeness (QED) is 0.784. The van der Waals surface area contributed by atoms with Crippen LogP contribution in [0.1, 0.15) is 37.0 Å². The van der Waals surface area contributed by atoms with Crippen molar-refractivity contribution in [3.63, 3.8) is 0 Å². The Bertz CT molecular complexity index is 728. The van der Waals surface area contributed by atoms with Gasteiger partial charge in [0.25, 0.3) is 0 Å². The monoisotopic (exact) mass is 338 g/mol. The topological polar surface area (TPSA) is 74.5 Å². The number of urea groups is 1. The molecule has 3 N–H and O–H groups in total. The minimum Gasteiger partial charge on any atom is -0.463 e. The van der Waals surface area contributed by atoms with Gasteiger partial charge >= 0.3 is 6.03 Å². The molecule has 0 bridgehead atoms. The fourth-order valence-electron chi connectivity index (χ4n) is 2.24. The highest BCUT2D eigenvalue weighted by molar-refractivity contribution is 5.74. The fraction of sp³-hybridized carbons (Fsp3) is 0.353. The Morgan fingerprint density at radius 1 is 1.33 bits per heavy atom. The van der Waals surface area contributed by atoms with E-state index in [1.165, 1.54) is 26.0 Å². The van der Waals surface area contributed by atoms with Gasteiger partial charge in [-0.25, -0.2) is 13.6 Å². The molecule has 0 saturated heterocycles. The van der Waals surface area contributed by atoms with E-state index >= 15 is 0 Å². The van der Waals surface area contributed by atoms with E-state index in [1.807, 2.05) is 0 Å². The number of carbonyl (C=O) groups is 1. The van der Waals surface area contributed by atoms with E-state index in [4.69, 9.17) is 4.42 Å². The molecule has 0 saturated carbocycles. The molecule has 5 nitrogen and oxygen atoms in total. The van der Waals surface area contributed by atoms with Crippen molar-refractivity contribution in [1.82, 2.24) is 10.6 Å². The molecule has 1 heterocycles. The number of aryl methyl sites for hydroxylation is 1. The molecule has 1 aromatic carbocycles. The number of hydrogen-bond donors (Lipinski definition) is 3. The zero-order valence-electron chi connectivity index (χ0n) is 13.7. The Kier molecular flexibility index (Phi) is 5.23. The molecule has 2 aromatic rings. The van der Waals surface area contributed by atoms with E-state index in [2.05, 4.69) is 10.6 Å². The van der Waals surface area contributed by atoms with Crippen molar-refractivity contribution < 1.29 is 23.1 Å². The summed E-state index contributed by atoms with van der Waals surface area (Å²) >= 11 is 0. The number of aliphatic hydroxyl groups is 1. The third-order valence-corrected chi connectivity index (χ3v) is 3.66. The van der Waals surface area contributed by atoms with Crippen LogP contribution in [0, 0.1) is 18.6 Å². The van der Waals surface area contributed by atoms with Gasteiger partial charge in [-0.05, 0) is 39.0 Å². The van der Waals surface area contributed by atoms with E-state index < -0.39 is 29.3 Å². The van der Waals surface area contributed by atoms with Gasteiger partial charge in [0.2, 0.25) is 0 Å². The Balaban J connectivity index is 1.94. The number of hydrogen-bond acceptors (Lipinski definition) is 3. The minimum absolute atomic E-state index is 0.0403. The Morgan fingerprint density at radius 2 is 2.04 bits per heavy atom. The first-order valence-electron chi connectivity index (χ1n) is 7.48. The van der Waals surface area contributed by atoms with Gasteiger partial charge < -0.3 is 20.2 Å². The van der Waals surface area contributed by atoms with Crippen LogP contribution in [-0.4, -0.2) is 17.7 Å². The lowest BCUT2D eigenvalue weighted by molar-refractivity contribution is 0.0359. The molecule has 130 valence electrons. The fourth-order valence-corrected chi connectivity index (χ4v) is 2.24. The number of benzene rings is 1. The van der Waals surface area contributed by atoms with Gasteiger partial charge in [-0.2, -0.15) is 0 Å². The van der Waals surface area contributed by atoms with Crippen molar-refractivity contribution >= 4 is 6.03 Å². The Labute approximate surface area is 138 Å². The summed E-state index contributed by atoms with van der Waals surface area (Å²) in [5.74, 6) is -1.00. The normalized spacial score (nSPS) is 14.8. The predicted octanol–water partition coefficient (Wildman–Crippen LogP) is 3.13. The summed E-state index contributed by atoms with van der Waals surface area (Å²) in [5.41, 5.74) is -1.35. The van der Waals surface area contributed by atoms with Gasteiger partial charge in [0.05, 0.1) is 12.6 Å². The average molecular weight is 338 g/mol. The van der Waals surface area contributed by atoms with Crippen LogP contribution in [0.15, 0.2) is 34.7 Å². The van der Waals surface area contributed by atoms with Crippen LogP contribution in [-0.2, 0) is 5.60 Å². The van der Waals surface area contributed by atoms with Gasteiger partial charge in [0, 0.05) is 5.56 Å². The first-order valence-corrected chi connectivity index (χ1v) is 7.48. The molecule has 0 fully saturated rings. The molecule has 0 aliphatic heterocycles. The van der Waals surface area contributed by atoms with Gasteiger partial charge in [-0.3, -0.25) is 0 Å². The third kappa shape index (κ3) is 4.11. The second-order valence-corrected chi connectivity index (χ2v) is 5.88. The molecule has 2 rings (SSSR count). The smallest absolute Gasteiger partial charge is 0.315 e. The van der Waals surface area contributed by atoms with Gasteiger partial charge in [-0.15, -0.1) is 0 Å². The number of furan rings is 1. The summed E-state index contributed by atoms with van der Waals surface area (Å²) in [7, 11) is 0. The highest BCUT2D eigenvalue weighted by Crippen LogP contribution is 2.22. The summed E-state index contributed by atoms with van der Waals surface area (Å²) in [6.07, 6.45) is 0. The van der Waals surface area contributed by atoms with E-state index in [0.717, 1.165) is 6.07 Å². The lowest BCUT2D eigenvalue weighted by atomic mass is 10.0. The molecule has 0 radical (unpaired) electrons. The molecule has 0 spiro atoms. The van der Waals surface area contributed by atoms with Crippen LogP contribution in [0.2, 0.25) is 0 Å². The summed E-state index contributed by atoms with van der Waals surface area (Å²) < 4.78 is 32.3. The van der Waals surface area contributed by atoms with Crippen LogP contribution in [0.4, 0.5) is 13.6 Å². The minimum atomic E-state index is -1.39. The van der Waals surface area contributed by atoms with Gasteiger partial charge in [-0.1, -0.05) is 12.1 Å². The van der Waals surface area contributed by atoms with E-state index in [-0.39, 0.29) is 12.1 Å². The van der Waals surface area contributed by atoms with E-state index in [0.29, 0.717) is 11.5 Å². The highest BCUT2D eigenvalue weighted by atomic mass is 19.2. The first-order chi connectivity index (χ1) is 11.2. The number of rotatable bonds is 5. The maximum absolute atomic E-state index is 13.7. The van der Waals surface area contributed by atoms with Crippen LogP contribution < -0.4 is 10.6 Å². The standard InChI is InChI=1S/C17H20F2N2O3/c1-10-7-8-14(24-10)17(3,23)9-20-16(22)21-11(2)12-5-4-6-13(18)15(12)19/h4-8,11,23H,9H2,1-3H3,(H2,20,21,22). The lowest BCUT2D eigenvalue weighted by Crippen LogP contribution is -2.44. The number of halogens is 2. The summed E-state index contributed by atoms with van der Waals surface area (Å²) in [5, 5.41) is 15.3. The second-order valence-electron chi connectivity index (χ2n) is 5.88. The SMILES string of the molecule is Cc1ccc(C(C)(O)CNC(=O)NC(C)c2cccc(F)c2F)o1. The molecule has 2 atom stereocenters. The molecule has 2 unspecified atom stereocenters. The van der Waals surface area contributed by atoms with Crippen LogP contribution in [0.3, 0.4) is 0 Å². The highest BCUT2D eigenvalue weighted by Gasteiger charge is 2.27. The maximum atomic E-state index is 13.7. The number of amides is 2. The lowest BCUT2D eigenvalue weighted by Gasteiger charge is -2.22. The zero-order valence-corrected chi connectivity index (χ0v) is 13.7. The van der Waals surface area contributed by atoms with E-state index in [1.54, 1.807) is 19.1 Å². The van der Waals surface area contributed by atoms with Crippen molar-refractivity contribution in [2.75, 3.05) is 6.54 Å². The van der Waals surface area contributed by atoms with Gasteiger partial charge in [0.1, 0.15) is 17.1 Å². The van der Waals surface area contributed by atoms with Crippen molar-refractivity contribution in [1.29, 1.82) is 0 Å². The maximum Gasteiger partial charge on any atom is 0.315 e. The third-order valence-electron chi connectivity index (χ3n) is 3.66. The Morgan fingerprint density at radius 3 is 2.67 bits per heavy atom. The van der Waals surface area contributed by atoms with Crippen LogP contribution in [0.5, 0.6) is 0 Å². The molecule has 1 aromatic heterocycles. The first kappa shape index (κ1) is 17.9.